The van der Waals surface area contributed by atoms with E-state index in [-0.39, 0.29) is 23.8 Å². The van der Waals surface area contributed by atoms with Crippen LogP contribution in [0.25, 0.3) is 0 Å². The molecule has 0 amide bonds. The van der Waals surface area contributed by atoms with Gasteiger partial charge in [0.05, 0.1) is 5.57 Å². The van der Waals surface area contributed by atoms with Gasteiger partial charge in [-0.25, -0.2) is 4.79 Å². The molecule has 0 spiro atoms. The number of carbonyl (C=O) groups is 2. The van der Waals surface area contributed by atoms with E-state index in [0.717, 1.165) is 66.0 Å². The van der Waals surface area contributed by atoms with Crippen LogP contribution in [0.2, 0.25) is 0 Å². The SMILES string of the molecule is CSc1ccc([C@@H]2C(C(=O)OC3CCCC3)=C(C)NC3=C2C(=O)CCC3)cc1. The van der Waals surface area contributed by atoms with Gasteiger partial charge in [-0.3, -0.25) is 4.79 Å². The first-order chi connectivity index (χ1) is 13.6. The lowest BCUT2D eigenvalue weighted by molar-refractivity contribution is -0.144. The molecule has 148 valence electrons. The Balaban J connectivity index is 1.75. The van der Waals surface area contributed by atoms with Crippen molar-refractivity contribution in [3.63, 3.8) is 0 Å². The second kappa shape index (κ2) is 8.16. The monoisotopic (exact) mass is 397 g/mol. The molecule has 0 aromatic heterocycles. The van der Waals surface area contributed by atoms with E-state index in [0.29, 0.717) is 12.0 Å². The minimum Gasteiger partial charge on any atom is -0.459 e. The number of hydrogen-bond donors (Lipinski definition) is 1. The third-order valence-corrected chi connectivity index (χ3v) is 6.76. The van der Waals surface area contributed by atoms with Crippen molar-refractivity contribution in [2.24, 2.45) is 0 Å². The Morgan fingerprint density at radius 1 is 1.11 bits per heavy atom. The Labute approximate surface area is 170 Å². The average Bonchev–Trinajstić information content (AvgIpc) is 3.20. The number of hydrogen-bond acceptors (Lipinski definition) is 5. The van der Waals surface area contributed by atoms with E-state index in [2.05, 4.69) is 17.4 Å². The van der Waals surface area contributed by atoms with Crippen molar-refractivity contribution in [3.05, 3.63) is 52.4 Å². The van der Waals surface area contributed by atoms with E-state index in [9.17, 15) is 9.59 Å². The normalized spacial score (nSPS) is 22.9. The third kappa shape index (κ3) is 3.64. The summed E-state index contributed by atoms with van der Waals surface area (Å²) in [7, 11) is 0. The molecular formula is C23H27NO3S. The zero-order valence-electron chi connectivity index (χ0n) is 16.5. The van der Waals surface area contributed by atoms with Gasteiger partial charge in [0.1, 0.15) is 6.10 Å². The lowest BCUT2D eigenvalue weighted by atomic mass is 9.75. The molecule has 1 saturated carbocycles. The Morgan fingerprint density at radius 2 is 1.82 bits per heavy atom. The maximum atomic E-state index is 13.2. The quantitative estimate of drug-likeness (QED) is 0.581. The van der Waals surface area contributed by atoms with Crippen molar-refractivity contribution < 1.29 is 14.3 Å². The molecule has 3 aliphatic rings. The number of rotatable bonds is 4. The number of thioether (sulfide) groups is 1. The molecule has 0 saturated heterocycles. The van der Waals surface area contributed by atoms with Crippen LogP contribution in [0.1, 0.15) is 63.4 Å². The Bertz CT molecular complexity index is 847. The van der Waals surface area contributed by atoms with Gasteiger partial charge in [-0.2, -0.15) is 0 Å². The van der Waals surface area contributed by atoms with Crippen LogP contribution in [-0.4, -0.2) is 24.1 Å². The molecule has 28 heavy (non-hydrogen) atoms. The second-order valence-electron chi connectivity index (χ2n) is 7.85. The summed E-state index contributed by atoms with van der Waals surface area (Å²) in [4.78, 5) is 27.2. The van der Waals surface area contributed by atoms with Crippen LogP contribution in [0.15, 0.2) is 51.7 Å². The lowest BCUT2D eigenvalue weighted by Crippen LogP contribution is -2.35. The molecule has 4 nitrogen and oxygen atoms in total. The van der Waals surface area contributed by atoms with Crippen LogP contribution in [0.4, 0.5) is 0 Å². The van der Waals surface area contributed by atoms with Crippen molar-refractivity contribution in [1.82, 2.24) is 5.32 Å². The molecule has 1 atom stereocenters. The van der Waals surface area contributed by atoms with Crippen molar-refractivity contribution >= 4 is 23.5 Å². The molecule has 4 rings (SSSR count). The first-order valence-corrected chi connectivity index (χ1v) is 11.4. The van der Waals surface area contributed by atoms with Crippen LogP contribution >= 0.6 is 11.8 Å². The van der Waals surface area contributed by atoms with Gasteiger partial charge in [0, 0.05) is 34.2 Å². The summed E-state index contributed by atoms with van der Waals surface area (Å²) in [6.07, 6.45) is 8.40. The summed E-state index contributed by atoms with van der Waals surface area (Å²) < 4.78 is 5.86. The fourth-order valence-electron chi connectivity index (χ4n) is 4.60. The van der Waals surface area contributed by atoms with E-state index < -0.39 is 0 Å². The minimum absolute atomic E-state index is 0.00440. The molecule has 1 fully saturated rings. The van der Waals surface area contributed by atoms with Crippen molar-refractivity contribution in [1.29, 1.82) is 0 Å². The van der Waals surface area contributed by atoms with Gasteiger partial charge >= 0.3 is 5.97 Å². The molecule has 1 heterocycles. The molecule has 0 radical (unpaired) electrons. The van der Waals surface area contributed by atoms with Crippen molar-refractivity contribution in [2.75, 3.05) is 6.26 Å². The van der Waals surface area contributed by atoms with Crippen LogP contribution in [-0.2, 0) is 14.3 Å². The molecule has 5 heteroatoms. The van der Waals surface area contributed by atoms with Gasteiger partial charge in [0.15, 0.2) is 5.78 Å². The lowest BCUT2D eigenvalue weighted by Gasteiger charge is -2.34. The predicted molar refractivity (Wildman–Crippen MR) is 111 cm³/mol. The highest BCUT2D eigenvalue weighted by molar-refractivity contribution is 7.98. The molecule has 0 bridgehead atoms. The van der Waals surface area contributed by atoms with Crippen molar-refractivity contribution in [3.8, 4) is 0 Å². The number of Topliss-reactive ketones (excluding diaryl/α,β-unsaturated/α-hetero) is 1. The Hall–Kier alpha value is -2.01. The highest BCUT2D eigenvalue weighted by Crippen LogP contribution is 2.43. The molecule has 1 aromatic carbocycles. The summed E-state index contributed by atoms with van der Waals surface area (Å²) in [6, 6.07) is 8.21. The fourth-order valence-corrected chi connectivity index (χ4v) is 5.01. The molecule has 1 aliphatic heterocycles. The number of benzene rings is 1. The Morgan fingerprint density at radius 3 is 2.50 bits per heavy atom. The standard InChI is InChI=1S/C23H27NO3S/c1-14-20(23(26)27-16-6-3-4-7-16)21(15-10-12-17(28-2)13-11-15)22-18(24-14)8-5-9-19(22)25/h10-13,16,21,24H,3-9H2,1-2H3/t21-/m1/s1. The van der Waals surface area contributed by atoms with Crippen LogP contribution in [0, 0.1) is 0 Å². The number of allylic oxidation sites excluding steroid dienone is 3. The largest absolute Gasteiger partial charge is 0.459 e. The minimum atomic E-state index is -0.339. The number of ketones is 1. The summed E-state index contributed by atoms with van der Waals surface area (Å²) in [5, 5.41) is 3.36. The van der Waals surface area contributed by atoms with Crippen LogP contribution in [0.5, 0.6) is 0 Å². The average molecular weight is 398 g/mol. The summed E-state index contributed by atoms with van der Waals surface area (Å²) in [5.74, 6) is -0.471. The second-order valence-corrected chi connectivity index (χ2v) is 8.73. The van der Waals surface area contributed by atoms with E-state index >= 15 is 0 Å². The summed E-state index contributed by atoms with van der Waals surface area (Å²) in [5.41, 5.74) is 4.13. The van der Waals surface area contributed by atoms with Gasteiger partial charge in [-0.1, -0.05) is 12.1 Å². The van der Waals surface area contributed by atoms with Gasteiger partial charge in [-0.15, -0.1) is 11.8 Å². The van der Waals surface area contributed by atoms with Crippen LogP contribution in [0.3, 0.4) is 0 Å². The maximum Gasteiger partial charge on any atom is 0.337 e. The number of carbonyl (C=O) groups excluding carboxylic acids is 2. The van der Waals surface area contributed by atoms with Gasteiger partial charge < -0.3 is 10.1 Å². The van der Waals surface area contributed by atoms with Crippen LogP contribution < -0.4 is 5.32 Å². The van der Waals surface area contributed by atoms with E-state index in [1.807, 2.05) is 25.3 Å². The maximum absolute atomic E-state index is 13.2. The summed E-state index contributed by atoms with van der Waals surface area (Å²) in [6.45, 7) is 1.93. The zero-order valence-corrected chi connectivity index (χ0v) is 17.4. The molecule has 1 aromatic rings. The highest BCUT2D eigenvalue weighted by Gasteiger charge is 2.39. The number of dihydropyridines is 1. The first kappa shape index (κ1) is 19.3. The molecular weight excluding hydrogens is 370 g/mol. The van der Waals surface area contributed by atoms with Gasteiger partial charge in [0.2, 0.25) is 0 Å². The highest BCUT2D eigenvalue weighted by atomic mass is 32.2. The van der Waals surface area contributed by atoms with E-state index in [1.54, 1.807) is 11.8 Å². The zero-order chi connectivity index (χ0) is 19.7. The number of ether oxygens (including phenoxy) is 1. The number of esters is 1. The van der Waals surface area contributed by atoms with Gasteiger partial charge in [-0.05, 0) is 69.4 Å². The smallest absolute Gasteiger partial charge is 0.337 e. The Kier molecular flexibility index (Phi) is 5.63. The number of nitrogens with one attached hydrogen (secondary N) is 1. The topological polar surface area (TPSA) is 55.4 Å². The third-order valence-electron chi connectivity index (χ3n) is 6.02. The molecule has 2 aliphatic carbocycles. The molecule has 0 unspecified atom stereocenters. The van der Waals surface area contributed by atoms with Gasteiger partial charge in [0.25, 0.3) is 0 Å². The predicted octanol–water partition coefficient (Wildman–Crippen LogP) is 4.86. The van der Waals surface area contributed by atoms with E-state index in [1.165, 1.54) is 0 Å². The van der Waals surface area contributed by atoms with Crippen molar-refractivity contribution in [2.45, 2.75) is 68.8 Å². The summed E-state index contributed by atoms with van der Waals surface area (Å²) >= 11 is 1.68. The molecule has 1 N–H and O–H groups in total. The first-order valence-electron chi connectivity index (χ1n) is 10.2. The van der Waals surface area contributed by atoms with E-state index in [4.69, 9.17) is 4.74 Å². The fraction of sp³-hybridized carbons (Fsp3) is 0.478.